The molecule has 0 amide bonds. The van der Waals surface area contributed by atoms with Crippen LogP contribution in [0.2, 0.25) is 0 Å². The maximum absolute atomic E-state index is 6.44. The van der Waals surface area contributed by atoms with Gasteiger partial charge in [0.25, 0.3) is 0 Å². The van der Waals surface area contributed by atoms with Gasteiger partial charge in [-0.1, -0.05) is 38.5 Å². The lowest BCUT2D eigenvalue weighted by atomic mass is 9.62. The molecule has 0 saturated heterocycles. The zero-order chi connectivity index (χ0) is 11.7. The van der Waals surface area contributed by atoms with E-state index in [1.807, 2.05) is 6.07 Å². The van der Waals surface area contributed by atoms with Crippen LogP contribution in [0, 0.1) is 17.8 Å². The van der Waals surface area contributed by atoms with Gasteiger partial charge in [0.05, 0.1) is 6.04 Å². The second-order valence-corrected chi connectivity index (χ2v) is 5.59. The normalized spacial score (nSPS) is 23.2. The molecule has 2 N–H and O–H groups in total. The van der Waals surface area contributed by atoms with E-state index < -0.39 is 0 Å². The molecule has 17 heavy (non-hydrogen) atoms. The van der Waals surface area contributed by atoms with Crippen LogP contribution in [-0.4, -0.2) is 9.97 Å². The van der Waals surface area contributed by atoms with Crippen LogP contribution in [0.5, 0.6) is 0 Å². The third-order valence-electron chi connectivity index (χ3n) is 4.69. The zero-order valence-electron chi connectivity index (χ0n) is 10.3. The average Bonchev–Trinajstić information content (AvgIpc) is 2.24. The van der Waals surface area contributed by atoms with E-state index in [0.29, 0.717) is 5.92 Å². The first-order valence-corrected chi connectivity index (χ1v) is 6.89. The van der Waals surface area contributed by atoms with Crippen molar-refractivity contribution in [2.75, 3.05) is 0 Å². The van der Waals surface area contributed by atoms with Crippen LogP contribution in [0.25, 0.3) is 0 Å². The van der Waals surface area contributed by atoms with Crippen molar-refractivity contribution in [3.63, 3.8) is 0 Å². The zero-order valence-corrected chi connectivity index (χ0v) is 10.3. The number of aromatic nitrogens is 2. The van der Waals surface area contributed by atoms with Gasteiger partial charge in [0.2, 0.25) is 0 Å². The molecule has 0 spiro atoms. The standard InChI is InChI=1S/C14H21N3/c15-13(14-16-8-3-9-17-14)12(10-4-1-5-10)11-6-2-7-11/h3,8-13H,1-2,4-7,15H2. The number of nitrogens with two attached hydrogens (primary N) is 1. The predicted octanol–water partition coefficient (Wildman–Crippen LogP) is 2.69. The van der Waals surface area contributed by atoms with Gasteiger partial charge in [0, 0.05) is 12.4 Å². The summed E-state index contributed by atoms with van der Waals surface area (Å²) in [5.41, 5.74) is 6.44. The molecule has 1 aromatic rings. The number of nitrogens with zero attached hydrogens (tertiary/aromatic N) is 2. The molecule has 1 heterocycles. The maximum atomic E-state index is 6.44. The van der Waals surface area contributed by atoms with Crippen LogP contribution >= 0.6 is 0 Å². The van der Waals surface area contributed by atoms with E-state index in [4.69, 9.17) is 5.73 Å². The van der Waals surface area contributed by atoms with Crippen molar-refractivity contribution in [2.45, 2.75) is 44.6 Å². The summed E-state index contributed by atoms with van der Waals surface area (Å²) in [6.45, 7) is 0. The first-order valence-electron chi connectivity index (χ1n) is 6.89. The lowest BCUT2D eigenvalue weighted by molar-refractivity contribution is 0.0689. The highest BCUT2D eigenvalue weighted by molar-refractivity contribution is 5.02. The molecule has 92 valence electrons. The summed E-state index contributed by atoms with van der Waals surface area (Å²) >= 11 is 0. The van der Waals surface area contributed by atoms with Gasteiger partial charge in [0.15, 0.2) is 0 Å². The predicted molar refractivity (Wildman–Crippen MR) is 67.1 cm³/mol. The molecular weight excluding hydrogens is 210 g/mol. The van der Waals surface area contributed by atoms with Gasteiger partial charge in [-0.05, 0) is 23.8 Å². The minimum atomic E-state index is 0.0480. The Morgan fingerprint density at radius 2 is 1.53 bits per heavy atom. The fourth-order valence-corrected chi connectivity index (χ4v) is 3.28. The van der Waals surface area contributed by atoms with Crippen LogP contribution in [-0.2, 0) is 0 Å². The van der Waals surface area contributed by atoms with Crippen molar-refractivity contribution < 1.29 is 0 Å². The lowest BCUT2D eigenvalue weighted by Gasteiger charge is -2.45. The monoisotopic (exact) mass is 231 g/mol. The molecule has 0 aliphatic heterocycles. The molecule has 2 fully saturated rings. The fourth-order valence-electron chi connectivity index (χ4n) is 3.28. The molecule has 3 rings (SSSR count). The first-order chi connectivity index (χ1) is 8.36. The van der Waals surface area contributed by atoms with Crippen LogP contribution in [0.15, 0.2) is 18.5 Å². The first kappa shape index (κ1) is 11.1. The second-order valence-electron chi connectivity index (χ2n) is 5.59. The summed E-state index contributed by atoms with van der Waals surface area (Å²) in [5.74, 6) is 3.13. The highest BCUT2D eigenvalue weighted by Crippen LogP contribution is 2.48. The quantitative estimate of drug-likeness (QED) is 0.866. The van der Waals surface area contributed by atoms with Crippen LogP contribution in [0.3, 0.4) is 0 Å². The van der Waals surface area contributed by atoms with Gasteiger partial charge in [0.1, 0.15) is 5.82 Å². The Balaban J connectivity index is 1.77. The highest BCUT2D eigenvalue weighted by atomic mass is 14.9. The smallest absolute Gasteiger partial charge is 0.145 e. The van der Waals surface area contributed by atoms with E-state index in [1.54, 1.807) is 12.4 Å². The van der Waals surface area contributed by atoms with E-state index >= 15 is 0 Å². The summed E-state index contributed by atoms with van der Waals surface area (Å²) in [4.78, 5) is 8.69. The Morgan fingerprint density at radius 3 is 1.94 bits per heavy atom. The van der Waals surface area contributed by atoms with Crippen molar-refractivity contribution in [1.29, 1.82) is 0 Å². The minimum Gasteiger partial charge on any atom is -0.321 e. The Hall–Kier alpha value is -0.960. The van der Waals surface area contributed by atoms with Gasteiger partial charge in [-0.25, -0.2) is 9.97 Å². The average molecular weight is 231 g/mol. The van der Waals surface area contributed by atoms with Gasteiger partial charge in [-0.15, -0.1) is 0 Å². The van der Waals surface area contributed by atoms with Gasteiger partial charge < -0.3 is 5.73 Å². The summed E-state index contributed by atoms with van der Waals surface area (Å²) in [6, 6.07) is 1.91. The van der Waals surface area contributed by atoms with Crippen molar-refractivity contribution in [3.8, 4) is 0 Å². The molecule has 2 aliphatic carbocycles. The lowest BCUT2D eigenvalue weighted by Crippen LogP contribution is -2.40. The molecule has 0 aromatic carbocycles. The summed E-state index contributed by atoms with van der Waals surface area (Å²) in [7, 11) is 0. The molecule has 2 aliphatic rings. The van der Waals surface area contributed by atoms with E-state index in [1.165, 1.54) is 38.5 Å². The SMILES string of the molecule is NC(c1ncccn1)C(C1CCC1)C1CCC1. The Kier molecular flexibility index (Phi) is 3.10. The number of hydrogen-bond acceptors (Lipinski definition) is 3. The van der Waals surface area contributed by atoms with E-state index in [9.17, 15) is 0 Å². The Morgan fingerprint density at radius 1 is 1.00 bits per heavy atom. The molecular formula is C14H21N3. The molecule has 3 nitrogen and oxygen atoms in total. The van der Waals surface area contributed by atoms with Gasteiger partial charge in [-0.3, -0.25) is 0 Å². The fraction of sp³-hybridized carbons (Fsp3) is 0.714. The van der Waals surface area contributed by atoms with E-state index in [-0.39, 0.29) is 6.04 Å². The third-order valence-corrected chi connectivity index (χ3v) is 4.69. The Bertz CT molecular complexity index is 343. The molecule has 3 heteroatoms. The minimum absolute atomic E-state index is 0.0480. The third kappa shape index (κ3) is 2.08. The largest absolute Gasteiger partial charge is 0.321 e. The topological polar surface area (TPSA) is 51.8 Å². The van der Waals surface area contributed by atoms with Crippen LogP contribution in [0.4, 0.5) is 0 Å². The summed E-state index contributed by atoms with van der Waals surface area (Å²) < 4.78 is 0. The molecule has 0 radical (unpaired) electrons. The van der Waals surface area contributed by atoms with Crippen LogP contribution in [0.1, 0.15) is 50.4 Å². The van der Waals surface area contributed by atoms with E-state index in [2.05, 4.69) is 9.97 Å². The van der Waals surface area contributed by atoms with Crippen molar-refractivity contribution in [3.05, 3.63) is 24.3 Å². The van der Waals surface area contributed by atoms with E-state index in [0.717, 1.165) is 17.7 Å². The molecule has 1 unspecified atom stereocenters. The Labute approximate surface area is 103 Å². The molecule has 2 saturated carbocycles. The van der Waals surface area contributed by atoms with Gasteiger partial charge >= 0.3 is 0 Å². The summed E-state index contributed by atoms with van der Waals surface area (Å²) in [5, 5.41) is 0. The van der Waals surface area contributed by atoms with Crippen LogP contribution < -0.4 is 5.73 Å². The molecule has 0 bridgehead atoms. The number of rotatable bonds is 4. The van der Waals surface area contributed by atoms with Crippen molar-refractivity contribution in [1.82, 2.24) is 9.97 Å². The van der Waals surface area contributed by atoms with Crippen molar-refractivity contribution >= 4 is 0 Å². The molecule has 1 aromatic heterocycles. The number of hydrogen-bond donors (Lipinski definition) is 1. The highest BCUT2D eigenvalue weighted by Gasteiger charge is 2.40. The van der Waals surface area contributed by atoms with Crippen molar-refractivity contribution in [2.24, 2.45) is 23.5 Å². The summed E-state index contributed by atoms with van der Waals surface area (Å²) in [6.07, 6.45) is 11.8. The second kappa shape index (κ2) is 4.73. The maximum Gasteiger partial charge on any atom is 0.145 e. The van der Waals surface area contributed by atoms with Gasteiger partial charge in [-0.2, -0.15) is 0 Å². The molecule has 1 atom stereocenters.